The van der Waals surface area contributed by atoms with E-state index in [1.165, 1.54) is 16.7 Å². The van der Waals surface area contributed by atoms with E-state index in [1.54, 1.807) is 0 Å². The van der Waals surface area contributed by atoms with Crippen molar-refractivity contribution < 1.29 is 4.74 Å². The molecule has 2 nitrogen and oxygen atoms in total. The van der Waals surface area contributed by atoms with Gasteiger partial charge in [-0.3, -0.25) is 0 Å². The molecule has 0 aliphatic rings. The highest BCUT2D eigenvalue weighted by molar-refractivity contribution is 5.27. The fourth-order valence-electron chi connectivity index (χ4n) is 2.29. The third-order valence-corrected chi connectivity index (χ3v) is 3.30. The molecule has 2 heteroatoms. The monoisotopic (exact) mass is 283 g/mol. The minimum absolute atomic E-state index is 0.225. The van der Waals surface area contributed by atoms with Crippen LogP contribution < -0.4 is 10.1 Å². The topological polar surface area (TPSA) is 21.3 Å². The van der Waals surface area contributed by atoms with Gasteiger partial charge >= 0.3 is 0 Å². The van der Waals surface area contributed by atoms with Crippen molar-refractivity contribution in [3.05, 3.63) is 65.2 Å². The summed E-state index contributed by atoms with van der Waals surface area (Å²) >= 11 is 0. The number of hydrogen-bond acceptors (Lipinski definition) is 2. The van der Waals surface area contributed by atoms with E-state index < -0.39 is 0 Å². The first-order chi connectivity index (χ1) is 10.1. The fraction of sp³-hybridized carbons (Fsp3) is 0.368. The molecule has 0 unspecified atom stereocenters. The molecule has 0 aromatic heterocycles. The van der Waals surface area contributed by atoms with Crippen molar-refractivity contribution in [2.75, 3.05) is 6.54 Å². The molecule has 0 bridgehead atoms. The van der Waals surface area contributed by atoms with Crippen LogP contribution in [0.1, 0.15) is 30.5 Å². The second kappa shape index (κ2) is 7.84. The molecule has 0 aliphatic heterocycles. The van der Waals surface area contributed by atoms with Crippen LogP contribution in [0, 0.1) is 6.92 Å². The summed E-state index contributed by atoms with van der Waals surface area (Å²) in [7, 11) is 0. The third-order valence-electron chi connectivity index (χ3n) is 3.30. The zero-order valence-electron chi connectivity index (χ0n) is 13.2. The van der Waals surface area contributed by atoms with E-state index in [9.17, 15) is 0 Å². The number of ether oxygens (including phenoxy) is 1. The maximum absolute atomic E-state index is 5.64. The average Bonchev–Trinajstić information content (AvgIpc) is 2.45. The second-order valence-corrected chi connectivity index (χ2v) is 5.73. The standard InChI is InChI=1S/C19H25NO/c1-15(2)21-19-9-7-18(8-10-19)14-20-12-11-17-6-4-5-16(3)13-17/h4-10,13,15,20H,11-12,14H2,1-3H3. The Labute approximate surface area is 128 Å². The Balaban J connectivity index is 1.73. The van der Waals surface area contributed by atoms with Crippen molar-refractivity contribution in [1.82, 2.24) is 5.32 Å². The molecule has 0 spiro atoms. The van der Waals surface area contributed by atoms with Crippen LogP contribution in [0.25, 0.3) is 0 Å². The SMILES string of the molecule is Cc1cccc(CCNCc2ccc(OC(C)C)cc2)c1. The summed E-state index contributed by atoms with van der Waals surface area (Å²) in [5.41, 5.74) is 4.01. The lowest BCUT2D eigenvalue weighted by atomic mass is 10.1. The minimum Gasteiger partial charge on any atom is -0.491 e. The molecule has 0 fully saturated rings. The van der Waals surface area contributed by atoms with Gasteiger partial charge in [0, 0.05) is 6.54 Å². The second-order valence-electron chi connectivity index (χ2n) is 5.73. The summed E-state index contributed by atoms with van der Waals surface area (Å²) in [4.78, 5) is 0. The van der Waals surface area contributed by atoms with Gasteiger partial charge in [-0.15, -0.1) is 0 Å². The molecule has 0 saturated carbocycles. The van der Waals surface area contributed by atoms with Crippen LogP contribution in [0.2, 0.25) is 0 Å². The lowest BCUT2D eigenvalue weighted by Crippen LogP contribution is -2.16. The van der Waals surface area contributed by atoms with Gasteiger partial charge in [-0.25, -0.2) is 0 Å². The van der Waals surface area contributed by atoms with Crippen molar-refractivity contribution in [3.8, 4) is 5.75 Å². The van der Waals surface area contributed by atoms with Crippen LogP contribution in [0.15, 0.2) is 48.5 Å². The van der Waals surface area contributed by atoms with Gasteiger partial charge in [0.1, 0.15) is 5.75 Å². The zero-order valence-corrected chi connectivity index (χ0v) is 13.2. The Bertz CT molecular complexity index is 546. The molecule has 2 rings (SSSR count). The molecule has 0 heterocycles. The van der Waals surface area contributed by atoms with Crippen molar-refractivity contribution in [2.45, 2.75) is 39.8 Å². The van der Waals surface area contributed by atoms with Gasteiger partial charge in [-0.1, -0.05) is 42.0 Å². The van der Waals surface area contributed by atoms with E-state index >= 15 is 0 Å². The number of hydrogen-bond donors (Lipinski definition) is 1. The predicted molar refractivity (Wildman–Crippen MR) is 88.8 cm³/mol. The number of aryl methyl sites for hydroxylation is 1. The third kappa shape index (κ3) is 5.60. The van der Waals surface area contributed by atoms with Gasteiger partial charge in [0.2, 0.25) is 0 Å². The summed E-state index contributed by atoms with van der Waals surface area (Å²) in [6, 6.07) is 17.0. The first kappa shape index (κ1) is 15.6. The molecule has 1 N–H and O–H groups in total. The molecule has 0 aliphatic carbocycles. The van der Waals surface area contributed by atoms with Gasteiger partial charge in [0.25, 0.3) is 0 Å². The van der Waals surface area contributed by atoms with Gasteiger partial charge in [0.05, 0.1) is 6.10 Å². The van der Waals surface area contributed by atoms with Crippen LogP contribution in [0.3, 0.4) is 0 Å². The molecule has 0 saturated heterocycles. The smallest absolute Gasteiger partial charge is 0.119 e. The number of benzene rings is 2. The highest BCUT2D eigenvalue weighted by Gasteiger charge is 1.98. The van der Waals surface area contributed by atoms with Crippen molar-refractivity contribution >= 4 is 0 Å². The molecular formula is C19H25NO. The molecule has 0 radical (unpaired) electrons. The summed E-state index contributed by atoms with van der Waals surface area (Å²) in [6.45, 7) is 8.11. The van der Waals surface area contributed by atoms with Gasteiger partial charge < -0.3 is 10.1 Å². The van der Waals surface area contributed by atoms with Gasteiger partial charge in [-0.2, -0.15) is 0 Å². The molecule has 0 amide bonds. The zero-order chi connectivity index (χ0) is 15.1. The molecule has 2 aromatic rings. The highest BCUT2D eigenvalue weighted by atomic mass is 16.5. The largest absolute Gasteiger partial charge is 0.491 e. The average molecular weight is 283 g/mol. The maximum atomic E-state index is 5.64. The first-order valence-electron chi connectivity index (χ1n) is 7.65. The summed E-state index contributed by atoms with van der Waals surface area (Å²) < 4.78 is 5.64. The van der Waals surface area contributed by atoms with Crippen LogP contribution >= 0.6 is 0 Å². The van der Waals surface area contributed by atoms with Crippen LogP contribution in [-0.2, 0) is 13.0 Å². The quantitative estimate of drug-likeness (QED) is 0.772. The van der Waals surface area contributed by atoms with Gasteiger partial charge in [-0.05, 0) is 57.0 Å². The van der Waals surface area contributed by atoms with Crippen LogP contribution in [0.5, 0.6) is 5.75 Å². The summed E-state index contributed by atoms with van der Waals surface area (Å²) in [6.07, 6.45) is 1.29. The Hall–Kier alpha value is -1.80. The van der Waals surface area contributed by atoms with Gasteiger partial charge in [0.15, 0.2) is 0 Å². The van der Waals surface area contributed by atoms with E-state index in [0.29, 0.717) is 0 Å². The summed E-state index contributed by atoms with van der Waals surface area (Å²) in [5, 5.41) is 3.49. The van der Waals surface area contributed by atoms with Crippen molar-refractivity contribution in [1.29, 1.82) is 0 Å². The van der Waals surface area contributed by atoms with E-state index in [-0.39, 0.29) is 6.10 Å². The fourth-order valence-corrected chi connectivity index (χ4v) is 2.29. The number of rotatable bonds is 7. The lowest BCUT2D eigenvalue weighted by molar-refractivity contribution is 0.242. The van der Waals surface area contributed by atoms with Crippen molar-refractivity contribution in [2.24, 2.45) is 0 Å². The molecule has 2 aromatic carbocycles. The first-order valence-corrected chi connectivity index (χ1v) is 7.65. The Morgan fingerprint density at radius 2 is 1.76 bits per heavy atom. The maximum Gasteiger partial charge on any atom is 0.119 e. The molecular weight excluding hydrogens is 258 g/mol. The number of nitrogens with one attached hydrogen (secondary N) is 1. The Morgan fingerprint density at radius 1 is 1.00 bits per heavy atom. The van der Waals surface area contributed by atoms with Crippen LogP contribution in [-0.4, -0.2) is 12.6 Å². The molecule has 112 valence electrons. The van der Waals surface area contributed by atoms with E-state index in [4.69, 9.17) is 4.74 Å². The Morgan fingerprint density at radius 3 is 2.43 bits per heavy atom. The van der Waals surface area contributed by atoms with E-state index in [2.05, 4.69) is 48.6 Å². The molecule has 21 heavy (non-hydrogen) atoms. The highest BCUT2D eigenvalue weighted by Crippen LogP contribution is 2.13. The van der Waals surface area contributed by atoms with E-state index in [1.807, 2.05) is 26.0 Å². The normalized spacial score (nSPS) is 10.9. The summed E-state index contributed by atoms with van der Waals surface area (Å²) in [5.74, 6) is 0.938. The molecule has 0 atom stereocenters. The minimum atomic E-state index is 0.225. The van der Waals surface area contributed by atoms with Crippen molar-refractivity contribution in [3.63, 3.8) is 0 Å². The van der Waals surface area contributed by atoms with E-state index in [0.717, 1.165) is 25.3 Å². The van der Waals surface area contributed by atoms with Crippen LogP contribution in [0.4, 0.5) is 0 Å². The lowest BCUT2D eigenvalue weighted by Gasteiger charge is -2.10. The predicted octanol–water partition coefficient (Wildman–Crippen LogP) is 4.11. The Kier molecular flexibility index (Phi) is 5.82.